The Morgan fingerprint density at radius 1 is 1.27 bits per heavy atom. The molecule has 0 bridgehead atoms. The summed E-state index contributed by atoms with van der Waals surface area (Å²) < 4.78 is 0. The maximum Gasteiger partial charge on any atom is 0.0373 e. The summed E-state index contributed by atoms with van der Waals surface area (Å²) in [5, 5.41) is 3.64. The van der Waals surface area contributed by atoms with E-state index in [4.69, 9.17) is 0 Å². The van der Waals surface area contributed by atoms with E-state index >= 15 is 0 Å². The summed E-state index contributed by atoms with van der Waals surface area (Å²) >= 11 is 0. The van der Waals surface area contributed by atoms with Gasteiger partial charge in [0.05, 0.1) is 0 Å². The first-order valence-electron chi connectivity index (χ1n) is 6.31. The van der Waals surface area contributed by atoms with Gasteiger partial charge >= 0.3 is 0 Å². The van der Waals surface area contributed by atoms with Gasteiger partial charge in [-0.15, -0.1) is 0 Å². The van der Waals surface area contributed by atoms with E-state index in [0.29, 0.717) is 12.1 Å². The van der Waals surface area contributed by atoms with Gasteiger partial charge in [-0.05, 0) is 27.1 Å². The van der Waals surface area contributed by atoms with E-state index in [2.05, 4.69) is 43.1 Å². The van der Waals surface area contributed by atoms with Gasteiger partial charge in [0.25, 0.3) is 0 Å². The highest BCUT2D eigenvalue weighted by atomic mass is 15.3. The number of rotatable bonds is 5. The van der Waals surface area contributed by atoms with E-state index in [1.165, 1.54) is 32.5 Å². The highest BCUT2D eigenvalue weighted by molar-refractivity contribution is 4.88. The van der Waals surface area contributed by atoms with Gasteiger partial charge in [-0.1, -0.05) is 20.3 Å². The van der Waals surface area contributed by atoms with Gasteiger partial charge in [0.15, 0.2) is 0 Å². The van der Waals surface area contributed by atoms with Crippen LogP contribution in [0.15, 0.2) is 0 Å². The molecule has 0 radical (unpaired) electrons. The third-order valence-electron chi connectivity index (χ3n) is 3.43. The fourth-order valence-corrected chi connectivity index (χ4v) is 2.48. The van der Waals surface area contributed by atoms with Crippen molar-refractivity contribution in [1.29, 1.82) is 0 Å². The standard InChI is InChI=1S/C12H27N3/c1-5-7-11(13-6-2)12-10-14(3)8-9-15(12)4/h11-13H,5-10H2,1-4H3. The van der Waals surface area contributed by atoms with E-state index in [0.717, 1.165) is 6.54 Å². The van der Waals surface area contributed by atoms with Gasteiger partial charge in [-0.3, -0.25) is 4.90 Å². The second kappa shape index (κ2) is 6.46. The Hall–Kier alpha value is -0.120. The van der Waals surface area contributed by atoms with Crippen LogP contribution in [0.4, 0.5) is 0 Å². The lowest BCUT2D eigenvalue weighted by Crippen LogP contribution is -2.58. The molecule has 1 fully saturated rings. The molecule has 15 heavy (non-hydrogen) atoms. The van der Waals surface area contributed by atoms with Crippen LogP contribution in [-0.2, 0) is 0 Å². The summed E-state index contributed by atoms with van der Waals surface area (Å²) in [4.78, 5) is 4.97. The van der Waals surface area contributed by atoms with Crippen LogP contribution in [-0.4, -0.2) is 62.2 Å². The van der Waals surface area contributed by atoms with Crippen LogP contribution in [0, 0.1) is 0 Å². The number of piperazine rings is 1. The van der Waals surface area contributed by atoms with E-state index < -0.39 is 0 Å². The minimum absolute atomic E-state index is 0.660. The first-order valence-corrected chi connectivity index (χ1v) is 6.31. The molecule has 0 aliphatic carbocycles. The molecule has 1 aliphatic heterocycles. The topological polar surface area (TPSA) is 18.5 Å². The predicted octanol–water partition coefficient (Wildman–Crippen LogP) is 1.01. The van der Waals surface area contributed by atoms with E-state index in [1.54, 1.807) is 0 Å². The van der Waals surface area contributed by atoms with Gasteiger partial charge < -0.3 is 10.2 Å². The van der Waals surface area contributed by atoms with E-state index in [9.17, 15) is 0 Å². The van der Waals surface area contributed by atoms with Crippen LogP contribution >= 0.6 is 0 Å². The molecule has 1 N–H and O–H groups in total. The quantitative estimate of drug-likeness (QED) is 0.735. The zero-order valence-electron chi connectivity index (χ0n) is 10.8. The first-order chi connectivity index (χ1) is 7.19. The van der Waals surface area contributed by atoms with Crippen LogP contribution in [0.5, 0.6) is 0 Å². The van der Waals surface area contributed by atoms with E-state index in [-0.39, 0.29) is 0 Å². The summed E-state index contributed by atoms with van der Waals surface area (Å²) in [6, 6.07) is 1.34. The Bertz CT molecular complexity index is 166. The molecule has 1 heterocycles. The van der Waals surface area contributed by atoms with Crippen molar-refractivity contribution in [2.45, 2.75) is 38.8 Å². The molecule has 0 aromatic heterocycles. The Balaban J connectivity index is 2.54. The molecule has 1 saturated heterocycles. The summed E-state index contributed by atoms with van der Waals surface area (Å²) in [7, 11) is 4.49. The number of nitrogens with zero attached hydrogens (tertiary/aromatic N) is 2. The van der Waals surface area contributed by atoms with Crippen molar-refractivity contribution in [3.05, 3.63) is 0 Å². The second-order valence-corrected chi connectivity index (χ2v) is 4.76. The summed E-state index contributed by atoms with van der Waals surface area (Å²) in [5.74, 6) is 0. The van der Waals surface area contributed by atoms with E-state index in [1.807, 2.05) is 0 Å². The van der Waals surface area contributed by atoms with Crippen LogP contribution in [0.1, 0.15) is 26.7 Å². The van der Waals surface area contributed by atoms with Crippen LogP contribution < -0.4 is 5.32 Å². The lowest BCUT2D eigenvalue weighted by molar-refractivity contribution is 0.0855. The van der Waals surface area contributed by atoms with Gasteiger partial charge in [0.2, 0.25) is 0 Å². The lowest BCUT2D eigenvalue weighted by atomic mass is 9.99. The molecule has 0 amide bonds. The molecular formula is C12H27N3. The molecule has 1 rings (SSSR count). The van der Waals surface area contributed by atoms with Crippen LogP contribution in [0.25, 0.3) is 0 Å². The number of hydrogen-bond acceptors (Lipinski definition) is 3. The monoisotopic (exact) mass is 213 g/mol. The molecule has 0 spiro atoms. The third-order valence-corrected chi connectivity index (χ3v) is 3.43. The minimum Gasteiger partial charge on any atom is -0.313 e. The van der Waals surface area contributed by atoms with Crippen molar-refractivity contribution in [1.82, 2.24) is 15.1 Å². The fraction of sp³-hybridized carbons (Fsp3) is 1.00. The molecular weight excluding hydrogens is 186 g/mol. The summed E-state index contributed by atoms with van der Waals surface area (Å²) in [6.07, 6.45) is 2.56. The predicted molar refractivity (Wildman–Crippen MR) is 66.3 cm³/mol. The molecule has 1 aliphatic rings. The van der Waals surface area contributed by atoms with Crippen LogP contribution in [0.2, 0.25) is 0 Å². The average molecular weight is 213 g/mol. The molecule has 3 heteroatoms. The number of likely N-dealkylation sites (N-methyl/N-ethyl adjacent to an activating group) is 3. The molecule has 0 aromatic carbocycles. The summed E-state index contributed by atoms with van der Waals surface area (Å²) in [5.41, 5.74) is 0. The number of nitrogens with one attached hydrogen (secondary N) is 1. The molecule has 2 atom stereocenters. The Kier molecular flexibility index (Phi) is 5.58. The normalized spacial score (nSPS) is 26.8. The largest absolute Gasteiger partial charge is 0.313 e. The average Bonchev–Trinajstić information content (AvgIpc) is 2.21. The van der Waals surface area contributed by atoms with Gasteiger partial charge in [0, 0.05) is 31.7 Å². The zero-order valence-corrected chi connectivity index (χ0v) is 10.8. The van der Waals surface area contributed by atoms with Crippen molar-refractivity contribution in [2.24, 2.45) is 0 Å². The zero-order chi connectivity index (χ0) is 11.3. The first kappa shape index (κ1) is 12.9. The molecule has 2 unspecified atom stereocenters. The van der Waals surface area contributed by atoms with Gasteiger partial charge in [-0.25, -0.2) is 0 Å². The highest BCUT2D eigenvalue weighted by Crippen LogP contribution is 2.13. The van der Waals surface area contributed by atoms with Crippen molar-refractivity contribution >= 4 is 0 Å². The van der Waals surface area contributed by atoms with Crippen molar-refractivity contribution < 1.29 is 0 Å². The Labute approximate surface area is 94.8 Å². The van der Waals surface area contributed by atoms with Gasteiger partial charge in [-0.2, -0.15) is 0 Å². The maximum absolute atomic E-state index is 3.64. The Morgan fingerprint density at radius 2 is 2.00 bits per heavy atom. The Morgan fingerprint density at radius 3 is 2.60 bits per heavy atom. The van der Waals surface area contributed by atoms with Gasteiger partial charge in [0.1, 0.15) is 0 Å². The van der Waals surface area contributed by atoms with Crippen molar-refractivity contribution in [2.75, 3.05) is 40.3 Å². The number of hydrogen-bond donors (Lipinski definition) is 1. The van der Waals surface area contributed by atoms with Crippen molar-refractivity contribution in [3.8, 4) is 0 Å². The van der Waals surface area contributed by atoms with Crippen molar-refractivity contribution in [3.63, 3.8) is 0 Å². The smallest absolute Gasteiger partial charge is 0.0373 e. The molecule has 0 saturated carbocycles. The highest BCUT2D eigenvalue weighted by Gasteiger charge is 2.28. The minimum atomic E-state index is 0.660. The molecule has 3 nitrogen and oxygen atoms in total. The maximum atomic E-state index is 3.64. The molecule has 0 aromatic rings. The SMILES string of the molecule is CCCC(NCC)C1CN(C)CCN1C. The van der Waals surface area contributed by atoms with Crippen LogP contribution in [0.3, 0.4) is 0 Å². The third kappa shape index (κ3) is 3.74. The lowest BCUT2D eigenvalue weighted by Gasteiger charge is -2.42. The fourth-order valence-electron chi connectivity index (χ4n) is 2.48. The summed E-state index contributed by atoms with van der Waals surface area (Å²) in [6.45, 7) is 9.17. The second-order valence-electron chi connectivity index (χ2n) is 4.76. The molecule has 90 valence electrons.